The minimum absolute atomic E-state index is 0.267. The Hall–Kier alpha value is -2.20. The van der Waals surface area contributed by atoms with Crippen molar-refractivity contribution in [2.75, 3.05) is 12.4 Å². The second-order valence-electron chi connectivity index (χ2n) is 6.29. The number of anilines is 1. The summed E-state index contributed by atoms with van der Waals surface area (Å²) in [6, 6.07) is 11.1. The standard InChI is InChI=1S/C20H24ClNO3/c1-12(2)16-8-6-13(3)10-19(16)25-14(4)20(23)22-17-11-15(21)7-9-18(17)24-5/h6-12,14H,1-5H3,(H,22,23). The highest BCUT2D eigenvalue weighted by Gasteiger charge is 2.19. The number of methoxy groups -OCH3 is 1. The Morgan fingerprint density at radius 3 is 2.44 bits per heavy atom. The summed E-state index contributed by atoms with van der Waals surface area (Å²) in [7, 11) is 1.54. The highest BCUT2D eigenvalue weighted by Crippen LogP contribution is 2.30. The Morgan fingerprint density at radius 2 is 1.80 bits per heavy atom. The Kier molecular flexibility index (Phi) is 6.32. The van der Waals surface area contributed by atoms with Crippen molar-refractivity contribution in [3.8, 4) is 11.5 Å². The van der Waals surface area contributed by atoms with E-state index >= 15 is 0 Å². The van der Waals surface area contributed by atoms with Gasteiger partial charge in [0.2, 0.25) is 0 Å². The monoisotopic (exact) mass is 361 g/mol. The third-order valence-corrected chi connectivity index (χ3v) is 4.12. The number of carbonyl (C=O) groups is 1. The third-order valence-electron chi connectivity index (χ3n) is 3.88. The number of aryl methyl sites for hydroxylation is 1. The molecule has 0 saturated heterocycles. The molecule has 0 aromatic heterocycles. The summed E-state index contributed by atoms with van der Waals surface area (Å²) in [4.78, 5) is 12.5. The summed E-state index contributed by atoms with van der Waals surface area (Å²) >= 11 is 6.00. The number of nitrogens with one attached hydrogen (secondary N) is 1. The first kappa shape index (κ1) is 19.1. The molecule has 1 unspecified atom stereocenters. The molecule has 0 fully saturated rings. The first-order chi connectivity index (χ1) is 11.8. The summed E-state index contributed by atoms with van der Waals surface area (Å²) in [5, 5.41) is 3.33. The van der Waals surface area contributed by atoms with Gasteiger partial charge >= 0.3 is 0 Å². The molecule has 0 saturated carbocycles. The maximum absolute atomic E-state index is 12.5. The van der Waals surface area contributed by atoms with Crippen LogP contribution < -0.4 is 14.8 Å². The molecule has 1 atom stereocenters. The van der Waals surface area contributed by atoms with Crippen LogP contribution in [0.1, 0.15) is 37.8 Å². The molecule has 5 heteroatoms. The largest absolute Gasteiger partial charge is 0.495 e. The van der Waals surface area contributed by atoms with Crippen molar-refractivity contribution >= 4 is 23.2 Å². The molecule has 25 heavy (non-hydrogen) atoms. The van der Waals surface area contributed by atoms with Crippen molar-refractivity contribution in [3.63, 3.8) is 0 Å². The van der Waals surface area contributed by atoms with E-state index in [-0.39, 0.29) is 5.91 Å². The SMILES string of the molecule is COc1ccc(Cl)cc1NC(=O)C(C)Oc1cc(C)ccc1C(C)C. The van der Waals surface area contributed by atoms with Crippen LogP contribution in [0.3, 0.4) is 0 Å². The topological polar surface area (TPSA) is 47.6 Å². The highest BCUT2D eigenvalue weighted by atomic mass is 35.5. The molecule has 0 radical (unpaired) electrons. The average Bonchev–Trinajstić information content (AvgIpc) is 2.54. The number of hydrogen-bond acceptors (Lipinski definition) is 3. The zero-order valence-corrected chi connectivity index (χ0v) is 16.0. The number of halogens is 1. The van der Waals surface area contributed by atoms with Crippen LogP contribution in [0.4, 0.5) is 5.69 Å². The number of hydrogen-bond donors (Lipinski definition) is 1. The Bertz CT molecular complexity index is 759. The molecule has 0 spiro atoms. The second kappa shape index (κ2) is 8.26. The van der Waals surface area contributed by atoms with Crippen molar-refractivity contribution in [2.24, 2.45) is 0 Å². The lowest BCUT2D eigenvalue weighted by Crippen LogP contribution is -2.30. The van der Waals surface area contributed by atoms with Gasteiger partial charge in [0.05, 0.1) is 12.8 Å². The van der Waals surface area contributed by atoms with Gasteiger partial charge in [-0.05, 0) is 55.2 Å². The van der Waals surface area contributed by atoms with Crippen LogP contribution in [-0.2, 0) is 4.79 Å². The molecule has 0 aliphatic heterocycles. The van der Waals surface area contributed by atoms with Gasteiger partial charge in [0.1, 0.15) is 11.5 Å². The van der Waals surface area contributed by atoms with Crippen LogP contribution in [0.5, 0.6) is 11.5 Å². The number of benzene rings is 2. The lowest BCUT2D eigenvalue weighted by atomic mass is 10.0. The van der Waals surface area contributed by atoms with Crippen molar-refractivity contribution in [1.29, 1.82) is 0 Å². The predicted octanol–water partition coefficient (Wildman–Crippen LogP) is 5.19. The van der Waals surface area contributed by atoms with Gasteiger partial charge in [-0.2, -0.15) is 0 Å². The molecule has 0 heterocycles. The van der Waals surface area contributed by atoms with Crippen LogP contribution in [0.15, 0.2) is 36.4 Å². The van der Waals surface area contributed by atoms with Gasteiger partial charge in [-0.15, -0.1) is 0 Å². The summed E-state index contributed by atoms with van der Waals surface area (Å²) in [5.41, 5.74) is 2.68. The van der Waals surface area contributed by atoms with Gasteiger partial charge in [-0.3, -0.25) is 4.79 Å². The Morgan fingerprint density at radius 1 is 1.08 bits per heavy atom. The Balaban J connectivity index is 2.16. The third kappa shape index (κ3) is 4.89. The lowest BCUT2D eigenvalue weighted by molar-refractivity contribution is -0.122. The van der Waals surface area contributed by atoms with Crippen LogP contribution in [0.2, 0.25) is 5.02 Å². The summed E-state index contributed by atoms with van der Waals surface area (Å²) in [6.07, 6.45) is -0.664. The molecule has 4 nitrogen and oxygen atoms in total. The van der Waals surface area contributed by atoms with Gasteiger partial charge in [0.15, 0.2) is 6.10 Å². The van der Waals surface area contributed by atoms with E-state index in [1.165, 1.54) is 0 Å². The molecule has 0 aliphatic rings. The molecule has 2 aromatic rings. The van der Waals surface area contributed by atoms with E-state index in [2.05, 4.69) is 19.2 Å². The average molecular weight is 362 g/mol. The van der Waals surface area contributed by atoms with Gasteiger partial charge in [0, 0.05) is 5.02 Å². The fraction of sp³-hybridized carbons (Fsp3) is 0.350. The number of ether oxygens (including phenoxy) is 2. The Labute approximate surface area is 154 Å². The molecule has 2 aromatic carbocycles. The van der Waals surface area contributed by atoms with Crippen LogP contribution >= 0.6 is 11.6 Å². The fourth-order valence-electron chi connectivity index (χ4n) is 2.48. The van der Waals surface area contributed by atoms with Gasteiger partial charge in [-0.1, -0.05) is 37.6 Å². The van der Waals surface area contributed by atoms with E-state index in [1.807, 2.05) is 25.1 Å². The van der Waals surface area contributed by atoms with Gasteiger partial charge in [-0.25, -0.2) is 0 Å². The predicted molar refractivity (Wildman–Crippen MR) is 102 cm³/mol. The van der Waals surface area contributed by atoms with E-state index in [1.54, 1.807) is 32.2 Å². The molecule has 2 rings (SSSR count). The van der Waals surface area contributed by atoms with E-state index in [0.717, 1.165) is 16.9 Å². The van der Waals surface area contributed by atoms with E-state index in [9.17, 15) is 4.79 Å². The maximum atomic E-state index is 12.5. The van der Waals surface area contributed by atoms with Crippen molar-refractivity contribution in [1.82, 2.24) is 0 Å². The van der Waals surface area contributed by atoms with Gasteiger partial charge in [0.25, 0.3) is 5.91 Å². The van der Waals surface area contributed by atoms with E-state index in [0.29, 0.717) is 22.4 Å². The van der Waals surface area contributed by atoms with Crippen LogP contribution in [0.25, 0.3) is 0 Å². The molecule has 1 N–H and O–H groups in total. The number of rotatable bonds is 6. The number of amides is 1. The highest BCUT2D eigenvalue weighted by molar-refractivity contribution is 6.31. The second-order valence-corrected chi connectivity index (χ2v) is 6.73. The molecule has 0 aliphatic carbocycles. The zero-order chi connectivity index (χ0) is 18.6. The van der Waals surface area contributed by atoms with Crippen LogP contribution in [0, 0.1) is 6.92 Å². The summed E-state index contributed by atoms with van der Waals surface area (Å²) in [6.45, 7) is 7.91. The normalized spacial score (nSPS) is 12.0. The smallest absolute Gasteiger partial charge is 0.265 e. The molecule has 0 bridgehead atoms. The van der Waals surface area contributed by atoms with E-state index < -0.39 is 6.10 Å². The first-order valence-electron chi connectivity index (χ1n) is 8.23. The fourth-order valence-corrected chi connectivity index (χ4v) is 2.65. The summed E-state index contributed by atoms with van der Waals surface area (Å²) in [5.74, 6) is 1.31. The summed E-state index contributed by atoms with van der Waals surface area (Å²) < 4.78 is 11.2. The molecule has 1 amide bonds. The molecular weight excluding hydrogens is 338 g/mol. The van der Waals surface area contributed by atoms with Crippen LogP contribution in [-0.4, -0.2) is 19.1 Å². The quantitative estimate of drug-likeness (QED) is 0.770. The van der Waals surface area contributed by atoms with Crippen molar-refractivity contribution in [2.45, 2.75) is 39.7 Å². The molecule has 134 valence electrons. The number of carbonyl (C=O) groups excluding carboxylic acids is 1. The first-order valence-corrected chi connectivity index (χ1v) is 8.61. The lowest BCUT2D eigenvalue weighted by Gasteiger charge is -2.20. The van der Waals surface area contributed by atoms with E-state index in [4.69, 9.17) is 21.1 Å². The molecular formula is C20H24ClNO3. The minimum Gasteiger partial charge on any atom is -0.495 e. The maximum Gasteiger partial charge on any atom is 0.265 e. The van der Waals surface area contributed by atoms with Crippen molar-refractivity contribution in [3.05, 3.63) is 52.5 Å². The minimum atomic E-state index is -0.664. The van der Waals surface area contributed by atoms with Gasteiger partial charge < -0.3 is 14.8 Å². The van der Waals surface area contributed by atoms with Crippen molar-refractivity contribution < 1.29 is 14.3 Å². The zero-order valence-electron chi connectivity index (χ0n) is 15.2.